The monoisotopic (exact) mass is 377 g/mol. The smallest absolute Gasteiger partial charge is 0.212 e. The molecule has 0 fully saturated rings. The number of benzene rings is 1. The summed E-state index contributed by atoms with van der Waals surface area (Å²) in [5.41, 5.74) is 1.42. The predicted octanol–water partition coefficient (Wildman–Crippen LogP) is 1.19. The van der Waals surface area contributed by atoms with Gasteiger partial charge in [-0.15, -0.1) is 0 Å². The summed E-state index contributed by atoms with van der Waals surface area (Å²) < 4.78 is 54.3. The Labute approximate surface area is 145 Å². The first-order valence-electron chi connectivity index (χ1n) is 7.92. The lowest BCUT2D eigenvalue weighted by Crippen LogP contribution is -2.40. The van der Waals surface area contributed by atoms with Gasteiger partial charge in [-0.1, -0.05) is 38.1 Å². The van der Waals surface area contributed by atoms with E-state index in [9.17, 15) is 16.8 Å². The van der Waals surface area contributed by atoms with Crippen LogP contribution in [-0.2, 0) is 32.5 Å². The zero-order chi connectivity index (χ0) is 18.4. The summed E-state index contributed by atoms with van der Waals surface area (Å²) in [4.78, 5) is 0. The van der Waals surface area contributed by atoms with E-state index in [1.807, 2.05) is 0 Å². The van der Waals surface area contributed by atoms with Gasteiger partial charge >= 0.3 is 0 Å². The minimum absolute atomic E-state index is 0.101. The topological polar surface area (TPSA) is 95.6 Å². The molecule has 138 valence electrons. The fourth-order valence-corrected chi connectivity index (χ4v) is 4.85. The van der Waals surface area contributed by atoms with Crippen LogP contribution in [0, 0.1) is 0 Å². The average molecular weight is 378 g/mol. The van der Waals surface area contributed by atoms with Crippen LogP contribution in [0.5, 0.6) is 0 Å². The SMILES string of the molecule is CCN(CC)S(=O)(=O)NCc1ccc(CS(=O)(=O)NC(C)C)cc1. The van der Waals surface area contributed by atoms with E-state index in [-0.39, 0.29) is 18.3 Å². The molecule has 7 nitrogen and oxygen atoms in total. The van der Waals surface area contributed by atoms with Gasteiger partial charge in [0.25, 0.3) is 10.2 Å². The highest BCUT2D eigenvalue weighted by Crippen LogP contribution is 2.09. The number of rotatable bonds is 10. The molecule has 9 heteroatoms. The van der Waals surface area contributed by atoms with Crippen molar-refractivity contribution in [3.63, 3.8) is 0 Å². The molecule has 0 amide bonds. The molecule has 0 radical (unpaired) electrons. The molecule has 0 aliphatic heterocycles. The standard InChI is InChI=1S/C15H27N3O4S2/c1-5-18(6-2)24(21,22)16-11-14-7-9-15(10-8-14)12-23(19,20)17-13(3)4/h7-10,13,16-17H,5-6,11-12H2,1-4H3. The van der Waals surface area contributed by atoms with Crippen molar-refractivity contribution in [1.82, 2.24) is 13.7 Å². The Morgan fingerprint density at radius 3 is 1.92 bits per heavy atom. The summed E-state index contributed by atoms with van der Waals surface area (Å²) >= 11 is 0. The van der Waals surface area contributed by atoms with Crippen molar-refractivity contribution in [3.05, 3.63) is 35.4 Å². The van der Waals surface area contributed by atoms with Crippen LogP contribution in [-0.4, -0.2) is 40.3 Å². The Kier molecular flexibility index (Phi) is 7.81. The van der Waals surface area contributed by atoms with Crippen LogP contribution in [0.2, 0.25) is 0 Å². The van der Waals surface area contributed by atoms with Crippen LogP contribution >= 0.6 is 0 Å². The van der Waals surface area contributed by atoms with Crippen LogP contribution in [0.25, 0.3) is 0 Å². The second-order valence-electron chi connectivity index (χ2n) is 5.76. The molecule has 0 atom stereocenters. The van der Waals surface area contributed by atoms with Gasteiger partial charge in [0.15, 0.2) is 0 Å². The molecule has 24 heavy (non-hydrogen) atoms. The van der Waals surface area contributed by atoms with E-state index in [0.717, 1.165) is 5.56 Å². The Balaban J connectivity index is 2.69. The fraction of sp³-hybridized carbons (Fsp3) is 0.600. The molecule has 0 heterocycles. The third-order valence-electron chi connectivity index (χ3n) is 3.30. The van der Waals surface area contributed by atoms with Gasteiger partial charge in [0.2, 0.25) is 10.0 Å². The van der Waals surface area contributed by atoms with Crippen molar-refractivity contribution in [2.45, 2.75) is 46.0 Å². The Morgan fingerprint density at radius 2 is 1.46 bits per heavy atom. The summed E-state index contributed by atoms with van der Waals surface area (Å²) in [7, 11) is -6.86. The molecule has 0 aliphatic rings. The van der Waals surface area contributed by atoms with Crippen LogP contribution in [0.1, 0.15) is 38.8 Å². The Morgan fingerprint density at radius 1 is 0.958 bits per heavy atom. The third kappa shape index (κ3) is 6.86. The minimum atomic E-state index is -3.50. The molecule has 2 N–H and O–H groups in total. The number of sulfonamides is 1. The number of hydrogen-bond donors (Lipinski definition) is 2. The van der Waals surface area contributed by atoms with E-state index in [2.05, 4.69) is 9.44 Å². The first-order chi connectivity index (χ1) is 11.1. The highest BCUT2D eigenvalue weighted by molar-refractivity contribution is 7.88. The van der Waals surface area contributed by atoms with Crippen molar-refractivity contribution in [2.75, 3.05) is 13.1 Å². The molecule has 0 bridgehead atoms. The van der Waals surface area contributed by atoms with Gasteiger partial charge in [0, 0.05) is 25.7 Å². The van der Waals surface area contributed by atoms with E-state index in [0.29, 0.717) is 18.7 Å². The largest absolute Gasteiger partial charge is 0.279 e. The van der Waals surface area contributed by atoms with Gasteiger partial charge in [-0.2, -0.15) is 17.4 Å². The Bertz CT molecular complexity index is 710. The van der Waals surface area contributed by atoms with Gasteiger partial charge < -0.3 is 0 Å². The van der Waals surface area contributed by atoms with Gasteiger partial charge in [-0.3, -0.25) is 0 Å². The minimum Gasteiger partial charge on any atom is -0.212 e. The molecule has 1 aromatic carbocycles. The molecule has 1 aromatic rings. The normalized spacial score (nSPS) is 12.9. The van der Waals surface area contributed by atoms with Crippen LogP contribution < -0.4 is 9.44 Å². The van der Waals surface area contributed by atoms with Crippen molar-refractivity contribution < 1.29 is 16.8 Å². The quantitative estimate of drug-likeness (QED) is 0.640. The summed E-state index contributed by atoms with van der Waals surface area (Å²) in [6.07, 6.45) is 0. The van der Waals surface area contributed by atoms with Crippen LogP contribution in [0.3, 0.4) is 0 Å². The van der Waals surface area contributed by atoms with Crippen molar-refractivity contribution in [3.8, 4) is 0 Å². The number of hydrogen-bond acceptors (Lipinski definition) is 4. The van der Waals surface area contributed by atoms with E-state index in [1.165, 1.54) is 4.31 Å². The summed E-state index contributed by atoms with van der Waals surface area (Å²) in [6, 6.07) is 6.70. The van der Waals surface area contributed by atoms with E-state index >= 15 is 0 Å². The first kappa shape index (κ1) is 21.0. The maximum absolute atomic E-state index is 12.1. The maximum atomic E-state index is 12.1. The number of nitrogens with one attached hydrogen (secondary N) is 2. The van der Waals surface area contributed by atoms with E-state index in [4.69, 9.17) is 0 Å². The predicted molar refractivity (Wildman–Crippen MR) is 96.0 cm³/mol. The lowest BCUT2D eigenvalue weighted by atomic mass is 10.1. The lowest BCUT2D eigenvalue weighted by Gasteiger charge is -2.18. The zero-order valence-electron chi connectivity index (χ0n) is 14.6. The molecular weight excluding hydrogens is 350 g/mol. The summed E-state index contributed by atoms with van der Waals surface area (Å²) in [5.74, 6) is -0.101. The van der Waals surface area contributed by atoms with Gasteiger partial charge in [0.1, 0.15) is 0 Å². The third-order valence-corrected chi connectivity index (χ3v) is 6.55. The first-order valence-corrected chi connectivity index (χ1v) is 11.0. The van der Waals surface area contributed by atoms with Gasteiger partial charge in [-0.25, -0.2) is 13.1 Å². The van der Waals surface area contributed by atoms with Crippen molar-refractivity contribution >= 4 is 20.2 Å². The molecule has 0 saturated heterocycles. The Hall–Kier alpha value is -1.00. The van der Waals surface area contributed by atoms with Gasteiger partial charge in [0.05, 0.1) is 5.75 Å². The van der Waals surface area contributed by atoms with E-state index in [1.54, 1.807) is 52.0 Å². The van der Waals surface area contributed by atoms with Crippen molar-refractivity contribution in [2.24, 2.45) is 0 Å². The molecule has 0 spiro atoms. The van der Waals surface area contributed by atoms with Crippen LogP contribution in [0.15, 0.2) is 24.3 Å². The zero-order valence-corrected chi connectivity index (χ0v) is 16.2. The highest BCUT2D eigenvalue weighted by atomic mass is 32.2. The molecule has 0 unspecified atom stereocenters. The highest BCUT2D eigenvalue weighted by Gasteiger charge is 2.18. The second kappa shape index (κ2) is 8.91. The summed E-state index contributed by atoms with van der Waals surface area (Å²) in [5, 5.41) is 0. The van der Waals surface area contributed by atoms with Crippen LogP contribution in [0.4, 0.5) is 0 Å². The van der Waals surface area contributed by atoms with Crippen molar-refractivity contribution in [1.29, 1.82) is 0 Å². The number of nitrogens with zero attached hydrogens (tertiary/aromatic N) is 1. The molecular formula is C15H27N3O4S2. The molecule has 0 saturated carbocycles. The summed E-state index contributed by atoms with van der Waals surface area (Å²) in [6.45, 7) is 8.07. The molecule has 0 aromatic heterocycles. The van der Waals surface area contributed by atoms with E-state index < -0.39 is 20.2 Å². The second-order valence-corrected chi connectivity index (χ2v) is 9.27. The fourth-order valence-electron chi connectivity index (χ4n) is 2.20. The average Bonchev–Trinajstić information content (AvgIpc) is 2.45. The van der Waals surface area contributed by atoms with Gasteiger partial charge in [-0.05, 0) is 25.0 Å². The molecule has 1 rings (SSSR count). The maximum Gasteiger partial charge on any atom is 0.279 e. The lowest BCUT2D eigenvalue weighted by molar-refractivity contribution is 0.434. The molecule has 0 aliphatic carbocycles.